The molecule has 0 saturated carbocycles. The van der Waals surface area contributed by atoms with Crippen molar-refractivity contribution < 1.29 is 5.11 Å². The minimum absolute atomic E-state index is 0.166. The van der Waals surface area contributed by atoms with Gasteiger partial charge in [0.1, 0.15) is 0 Å². The van der Waals surface area contributed by atoms with Crippen molar-refractivity contribution >= 4 is 0 Å². The first-order valence-corrected chi connectivity index (χ1v) is 4.35. The normalized spacial score (nSPS) is 15.7. The average molecular weight is 156 g/mol. The van der Waals surface area contributed by atoms with Crippen LogP contribution in [0, 0.1) is 5.92 Å². The summed E-state index contributed by atoms with van der Waals surface area (Å²) < 4.78 is 0. The van der Waals surface area contributed by atoms with Crippen LogP contribution in [-0.2, 0) is 0 Å². The zero-order chi connectivity index (χ0) is 8.85. The predicted octanol–water partition coefficient (Wildman–Crippen LogP) is 2.75. The maximum absolute atomic E-state index is 9.17. The Bertz CT molecular complexity index is 121. The number of hydrogen-bond donors (Lipinski definition) is 1. The van der Waals surface area contributed by atoms with Crippen molar-refractivity contribution in [1.29, 1.82) is 0 Å². The molecule has 1 nitrogen and oxygen atoms in total. The standard InChI is InChI=1S/C10H20O/c1-8(2)6-5-7-9(3)10(4)11/h6,9-11H,5,7H2,1-4H3/t9?,10-/m1/s1. The Labute approximate surface area is 70.1 Å². The fourth-order valence-corrected chi connectivity index (χ4v) is 0.876. The number of rotatable bonds is 4. The largest absolute Gasteiger partial charge is 0.393 e. The van der Waals surface area contributed by atoms with Gasteiger partial charge in [-0.15, -0.1) is 0 Å². The highest BCUT2D eigenvalue weighted by molar-refractivity contribution is 4.92. The lowest BCUT2D eigenvalue weighted by molar-refractivity contribution is 0.130. The van der Waals surface area contributed by atoms with Crippen LogP contribution in [0.3, 0.4) is 0 Å². The lowest BCUT2D eigenvalue weighted by Crippen LogP contribution is -2.12. The summed E-state index contributed by atoms with van der Waals surface area (Å²) in [4.78, 5) is 0. The van der Waals surface area contributed by atoms with E-state index in [0.717, 1.165) is 12.8 Å². The monoisotopic (exact) mass is 156 g/mol. The third kappa shape index (κ3) is 6.11. The molecule has 66 valence electrons. The van der Waals surface area contributed by atoms with E-state index in [1.807, 2.05) is 6.92 Å². The van der Waals surface area contributed by atoms with Crippen molar-refractivity contribution in [1.82, 2.24) is 0 Å². The summed E-state index contributed by atoms with van der Waals surface area (Å²) in [7, 11) is 0. The summed E-state index contributed by atoms with van der Waals surface area (Å²) in [6, 6.07) is 0. The zero-order valence-electron chi connectivity index (χ0n) is 8.09. The van der Waals surface area contributed by atoms with E-state index >= 15 is 0 Å². The quantitative estimate of drug-likeness (QED) is 0.620. The Balaban J connectivity index is 3.47. The molecule has 11 heavy (non-hydrogen) atoms. The summed E-state index contributed by atoms with van der Waals surface area (Å²) in [6.45, 7) is 8.15. The number of aliphatic hydroxyl groups excluding tert-OH is 1. The smallest absolute Gasteiger partial charge is 0.0537 e. The molecule has 0 aromatic heterocycles. The first kappa shape index (κ1) is 10.7. The molecular formula is C10H20O. The van der Waals surface area contributed by atoms with Crippen LogP contribution in [-0.4, -0.2) is 11.2 Å². The minimum atomic E-state index is -0.166. The highest BCUT2D eigenvalue weighted by Crippen LogP contribution is 2.11. The third-order valence-corrected chi connectivity index (χ3v) is 2.00. The third-order valence-electron chi connectivity index (χ3n) is 2.00. The van der Waals surface area contributed by atoms with Gasteiger partial charge in [-0.05, 0) is 39.5 Å². The molecule has 1 unspecified atom stereocenters. The summed E-state index contributed by atoms with van der Waals surface area (Å²) in [5.74, 6) is 0.422. The Morgan fingerprint density at radius 1 is 1.36 bits per heavy atom. The van der Waals surface area contributed by atoms with Gasteiger partial charge < -0.3 is 5.11 Å². The van der Waals surface area contributed by atoms with Crippen LogP contribution in [0.2, 0.25) is 0 Å². The SMILES string of the molecule is CC(C)=CCCC(C)[C@@H](C)O. The van der Waals surface area contributed by atoms with Crippen LogP contribution in [0.25, 0.3) is 0 Å². The van der Waals surface area contributed by atoms with E-state index in [1.54, 1.807) is 0 Å². The van der Waals surface area contributed by atoms with Crippen molar-refractivity contribution in [3.63, 3.8) is 0 Å². The maximum Gasteiger partial charge on any atom is 0.0537 e. The Morgan fingerprint density at radius 2 is 1.91 bits per heavy atom. The summed E-state index contributed by atoms with van der Waals surface area (Å²) in [5, 5.41) is 9.17. The molecule has 0 spiro atoms. The van der Waals surface area contributed by atoms with E-state index in [0.29, 0.717) is 5.92 Å². The molecule has 0 aromatic carbocycles. The lowest BCUT2D eigenvalue weighted by atomic mass is 10.00. The van der Waals surface area contributed by atoms with Gasteiger partial charge in [-0.25, -0.2) is 0 Å². The van der Waals surface area contributed by atoms with Crippen molar-refractivity contribution in [2.24, 2.45) is 5.92 Å². The van der Waals surface area contributed by atoms with Gasteiger partial charge >= 0.3 is 0 Å². The maximum atomic E-state index is 9.17. The summed E-state index contributed by atoms with van der Waals surface area (Å²) in [5.41, 5.74) is 1.36. The molecule has 0 aliphatic carbocycles. The van der Waals surface area contributed by atoms with Crippen LogP contribution in [0.5, 0.6) is 0 Å². The molecule has 0 aliphatic heterocycles. The summed E-state index contributed by atoms with van der Waals surface area (Å²) in [6.07, 6.45) is 4.23. The predicted molar refractivity (Wildman–Crippen MR) is 49.5 cm³/mol. The van der Waals surface area contributed by atoms with Gasteiger partial charge in [-0.3, -0.25) is 0 Å². The molecule has 0 aromatic rings. The zero-order valence-corrected chi connectivity index (χ0v) is 8.09. The van der Waals surface area contributed by atoms with Gasteiger partial charge in [-0.2, -0.15) is 0 Å². The van der Waals surface area contributed by atoms with E-state index < -0.39 is 0 Å². The van der Waals surface area contributed by atoms with Gasteiger partial charge in [0, 0.05) is 0 Å². The van der Waals surface area contributed by atoms with Gasteiger partial charge in [0.2, 0.25) is 0 Å². The van der Waals surface area contributed by atoms with Crippen LogP contribution < -0.4 is 0 Å². The fourth-order valence-electron chi connectivity index (χ4n) is 0.876. The molecule has 0 radical (unpaired) electrons. The highest BCUT2D eigenvalue weighted by atomic mass is 16.3. The molecule has 0 saturated heterocycles. The van der Waals surface area contributed by atoms with Crippen LogP contribution in [0.1, 0.15) is 40.5 Å². The van der Waals surface area contributed by atoms with Crippen LogP contribution >= 0.6 is 0 Å². The minimum Gasteiger partial charge on any atom is -0.393 e. The lowest BCUT2D eigenvalue weighted by Gasteiger charge is -2.12. The molecule has 2 atom stereocenters. The topological polar surface area (TPSA) is 20.2 Å². The van der Waals surface area contributed by atoms with E-state index in [9.17, 15) is 0 Å². The van der Waals surface area contributed by atoms with Crippen LogP contribution in [0.15, 0.2) is 11.6 Å². The Morgan fingerprint density at radius 3 is 2.27 bits per heavy atom. The van der Waals surface area contributed by atoms with Gasteiger partial charge in [0.15, 0.2) is 0 Å². The number of aliphatic hydroxyl groups is 1. The molecule has 0 bridgehead atoms. The molecular weight excluding hydrogens is 136 g/mol. The molecule has 1 heteroatoms. The summed E-state index contributed by atoms with van der Waals surface area (Å²) >= 11 is 0. The molecule has 1 N–H and O–H groups in total. The Kier molecular flexibility index (Phi) is 5.22. The van der Waals surface area contributed by atoms with E-state index in [2.05, 4.69) is 26.8 Å². The van der Waals surface area contributed by atoms with Gasteiger partial charge in [0.05, 0.1) is 6.10 Å². The average Bonchev–Trinajstić information content (AvgIpc) is 1.86. The van der Waals surface area contributed by atoms with E-state index in [-0.39, 0.29) is 6.10 Å². The molecule has 0 amide bonds. The first-order chi connectivity index (χ1) is 5.04. The molecule has 0 heterocycles. The van der Waals surface area contributed by atoms with E-state index in [4.69, 9.17) is 5.11 Å². The van der Waals surface area contributed by atoms with E-state index in [1.165, 1.54) is 5.57 Å². The Hall–Kier alpha value is -0.300. The fraction of sp³-hybridized carbons (Fsp3) is 0.800. The van der Waals surface area contributed by atoms with Crippen molar-refractivity contribution in [3.8, 4) is 0 Å². The van der Waals surface area contributed by atoms with Gasteiger partial charge in [0.25, 0.3) is 0 Å². The molecule has 0 fully saturated rings. The highest BCUT2D eigenvalue weighted by Gasteiger charge is 2.06. The van der Waals surface area contributed by atoms with Crippen molar-refractivity contribution in [2.75, 3.05) is 0 Å². The number of allylic oxidation sites excluding steroid dienone is 2. The second kappa shape index (κ2) is 5.36. The second-order valence-corrected chi connectivity index (χ2v) is 3.58. The van der Waals surface area contributed by atoms with Gasteiger partial charge in [-0.1, -0.05) is 18.6 Å². The molecule has 0 rings (SSSR count). The van der Waals surface area contributed by atoms with Crippen molar-refractivity contribution in [3.05, 3.63) is 11.6 Å². The number of hydrogen-bond acceptors (Lipinski definition) is 1. The van der Waals surface area contributed by atoms with Crippen LogP contribution in [0.4, 0.5) is 0 Å². The van der Waals surface area contributed by atoms with Crippen molar-refractivity contribution in [2.45, 2.75) is 46.6 Å². The first-order valence-electron chi connectivity index (χ1n) is 4.35. The second-order valence-electron chi connectivity index (χ2n) is 3.58. The molecule has 0 aliphatic rings.